The molecule has 0 atom stereocenters. The zero-order chi connectivity index (χ0) is 28.8. The zero-order valence-corrected chi connectivity index (χ0v) is 23.5. The molecular formula is C40H23N3O. The van der Waals surface area contributed by atoms with Gasteiger partial charge in [-0.3, -0.25) is 9.55 Å². The van der Waals surface area contributed by atoms with Crippen LogP contribution in [0.5, 0.6) is 0 Å². The summed E-state index contributed by atoms with van der Waals surface area (Å²) in [7, 11) is 0. The minimum absolute atomic E-state index is 0.754. The van der Waals surface area contributed by atoms with E-state index in [1.807, 2.05) is 18.3 Å². The number of hydrogen-bond acceptors (Lipinski definition) is 3. The van der Waals surface area contributed by atoms with E-state index in [-0.39, 0.29) is 0 Å². The molecule has 6 aromatic carbocycles. The smallest absolute Gasteiger partial charge is 0.160 e. The number of hydrogen-bond donors (Lipinski definition) is 0. The molecular weight excluding hydrogens is 538 g/mol. The largest absolute Gasteiger partial charge is 0.454 e. The second kappa shape index (κ2) is 8.76. The van der Waals surface area contributed by atoms with Crippen LogP contribution in [0.1, 0.15) is 0 Å². The van der Waals surface area contributed by atoms with Crippen LogP contribution < -0.4 is 0 Å². The maximum Gasteiger partial charge on any atom is 0.160 e. The van der Waals surface area contributed by atoms with E-state index in [4.69, 9.17) is 14.4 Å². The van der Waals surface area contributed by atoms with Crippen molar-refractivity contribution >= 4 is 43.7 Å². The molecule has 3 heterocycles. The fourth-order valence-corrected chi connectivity index (χ4v) is 7.14. The van der Waals surface area contributed by atoms with Gasteiger partial charge in [-0.05, 0) is 40.5 Å². The van der Waals surface area contributed by atoms with Gasteiger partial charge in [-0.1, -0.05) is 115 Å². The van der Waals surface area contributed by atoms with Crippen molar-refractivity contribution < 1.29 is 4.42 Å². The highest BCUT2D eigenvalue weighted by atomic mass is 16.3. The van der Waals surface area contributed by atoms with Crippen molar-refractivity contribution in [1.82, 2.24) is 14.5 Å². The van der Waals surface area contributed by atoms with Gasteiger partial charge in [0.15, 0.2) is 11.4 Å². The summed E-state index contributed by atoms with van der Waals surface area (Å²) in [4.78, 5) is 10.7. The second-order valence-electron chi connectivity index (χ2n) is 11.4. The molecule has 0 saturated carbocycles. The molecule has 204 valence electrons. The number of furan rings is 1. The standard InChI is InChI=1S/C40H23N3O/c1-2-12-25-24(11-1)26-13-3-5-17-30(26)37-38(31-18-6-4-14-27(25)31)42-36(23-41-37)43-34-19-9-7-15-28(34)32-21-22-33-29-16-8-10-20-35(29)44-40(33)39(32)43/h1-23H. The average Bonchev–Trinajstić information content (AvgIpc) is 3.64. The lowest BCUT2D eigenvalue weighted by molar-refractivity contribution is 0.671. The lowest BCUT2D eigenvalue weighted by Crippen LogP contribution is -2.05. The summed E-state index contributed by atoms with van der Waals surface area (Å²) in [5.41, 5.74) is 12.4. The van der Waals surface area contributed by atoms with Gasteiger partial charge in [0.25, 0.3) is 0 Å². The molecule has 4 heteroatoms. The van der Waals surface area contributed by atoms with Crippen LogP contribution in [-0.4, -0.2) is 14.5 Å². The third kappa shape index (κ3) is 3.11. The van der Waals surface area contributed by atoms with Crippen LogP contribution in [-0.2, 0) is 0 Å². The lowest BCUT2D eigenvalue weighted by Gasteiger charge is -2.22. The van der Waals surface area contributed by atoms with Gasteiger partial charge in [-0.2, -0.15) is 0 Å². The Labute approximate surface area is 252 Å². The first-order valence-corrected chi connectivity index (χ1v) is 14.8. The SMILES string of the molecule is c1ccc2c(c1)-c1ccccc1-c1ncc(-n3c4ccccc4c4ccc5c6ccccc6oc5c43)nc1-c1ccccc1-2. The van der Waals surface area contributed by atoms with Crippen LogP contribution in [0.25, 0.3) is 94.3 Å². The molecule has 0 radical (unpaired) electrons. The van der Waals surface area contributed by atoms with E-state index in [0.717, 1.165) is 83.2 Å². The van der Waals surface area contributed by atoms with E-state index in [9.17, 15) is 0 Å². The molecule has 9 aromatic rings. The highest BCUT2D eigenvalue weighted by Gasteiger charge is 2.25. The number of rotatable bonds is 1. The predicted molar refractivity (Wildman–Crippen MR) is 179 cm³/mol. The van der Waals surface area contributed by atoms with Gasteiger partial charge in [0.05, 0.1) is 28.6 Å². The summed E-state index contributed by atoms with van der Waals surface area (Å²) in [6, 6.07) is 46.8. The van der Waals surface area contributed by atoms with Gasteiger partial charge < -0.3 is 4.42 Å². The second-order valence-corrected chi connectivity index (χ2v) is 11.4. The molecule has 0 spiro atoms. The molecule has 0 unspecified atom stereocenters. The molecule has 44 heavy (non-hydrogen) atoms. The monoisotopic (exact) mass is 561 g/mol. The van der Waals surface area contributed by atoms with Gasteiger partial charge in [0, 0.05) is 32.7 Å². The predicted octanol–water partition coefficient (Wildman–Crippen LogP) is 10.5. The summed E-state index contributed by atoms with van der Waals surface area (Å²) < 4.78 is 8.81. The first kappa shape index (κ1) is 23.6. The van der Waals surface area contributed by atoms with Crippen LogP contribution in [0.15, 0.2) is 144 Å². The van der Waals surface area contributed by atoms with E-state index >= 15 is 0 Å². The fourth-order valence-electron chi connectivity index (χ4n) is 7.14. The van der Waals surface area contributed by atoms with Crippen molar-refractivity contribution in [2.45, 2.75) is 0 Å². The van der Waals surface area contributed by atoms with Crippen molar-refractivity contribution in [2.75, 3.05) is 0 Å². The number of para-hydroxylation sites is 2. The summed E-state index contributed by atoms with van der Waals surface area (Å²) >= 11 is 0. The summed E-state index contributed by atoms with van der Waals surface area (Å²) in [6.07, 6.45) is 1.92. The average molecular weight is 562 g/mol. The summed E-state index contributed by atoms with van der Waals surface area (Å²) in [5, 5.41) is 4.47. The van der Waals surface area contributed by atoms with Crippen molar-refractivity contribution in [2.24, 2.45) is 0 Å². The highest BCUT2D eigenvalue weighted by Crippen LogP contribution is 2.47. The number of aromatic nitrogens is 3. The molecule has 1 aliphatic carbocycles. The quantitative estimate of drug-likeness (QED) is 0.200. The topological polar surface area (TPSA) is 43.9 Å². The molecule has 0 fully saturated rings. The molecule has 0 N–H and O–H groups in total. The van der Waals surface area contributed by atoms with Crippen LogP contribution in [0.4, 0.5) is 0 Å². The Hall–Kier alpha value is -6.00. The molecule has 10 rings (SSSR count). The Balaban J connectivity index is 1.34. The Morgan fingerprint density at radius 3 is 1.73 bits per heavy atom. The Morgan fingerprint density at radius 1 is 0.455 bits per heavy atom. The normalized spacial score (nSPS) is 12.1. The van der Waals surface area contributed by atoms with Gasteiger partial charge in [-0.25, -0.2) is 4.98 Å². The minimum Gasteiger partial charge on any atom is -0.454 e. The maximum atomic E-state index is 6.58. The number of fused-ring (bicyclic) bond motifs is 15. The Bertz CT molecular complexity index is 2620. The third-order valence-corrected chi connectivity index (χ3v) is 9.04. The molecule has 0 amide bonds. The van der Waals surface area contributed by atoms with E-state index in [1.165, 1.54) is 11.1 Å². The number of nitrogens with zero attached hydrogens (tertiary/aromatic N) is 3. The molecule has 0 bridgehead atoms. The fraction of sp³-hybridized carbons (Fsp3) is 0. The van der Waals surface area contributed by atoms with Crippen molar-refractivity contribution in [3.05, 3.63) is 140 Å². The minimum atomic E-state index is 0.754. The van der Waals surface area contributed by atoms with E-state index in [0.29, 0.717) is 0 Å². The summed E-state index contributed by atoms with van der Waals surface area (Å²) in [5.74, 6) is 0.754. The molecule has 0 aliphatic heterocycles. The lowest BCUT2D eigenvalue weighted by atomic mass is 9.84. The van der Waals surface area contributed by atoms with Crippen LogP contribution in [0.2, 0.25) is 0 Å². The van der Waals surface area contributed by atoms with Gasteiger partial charge in [-0.15, -0.1) is 0 Å². The highest BCUT2D eigenvalue weighted by molar-refractivity contribution is 6.21. The van der Waals surface area contributed by atoms with Crippen molar-refractivity contribution in [3.8, 4) is 50.6 Å². The first-order valence-electron chi connectivity index (χ1n) is 14.8. The van der Waals surface area contributed by atoms with Crippen LogP contribution in [0.3, 0.4) is 0 Å². The third-order valence-electron chi connectivity index (χ3n) is 9.04. The zero-order valence-electron chi connectivity index (χ0n) is 23.5. The molecule has 4 nitrogen and oxygen atoms in total. The van der Waals surface area contributed by atoms with Crippen molar-refractivity contribution in [1.29, 1.82) is 0 Å². The Kier molecular flexibility index (Phi) is 4.69. The van der Waals surface area contributed by atoms with E-state index < -0.39 is 0 Å². The van der Waals surface area contributed by atoms with E-state index in [2.05, 4.69) is 126 Å². The molecule has 1 aliphatic rings. The molecule has 3 aromatic heterocycles. The van der Waals surface area contributed by atoms with E-state index in [1.54, 1.807) is 0 Å². The van der Waals surface area contributed by atoms with Gasteiger partial charge in [0.2, 0.25) is 0 Å². The summed E-state index contributed by atoms with van der Waals surface area (Å²) in [6.45, 7) is 0. The Morgan fingerprint density at radius 2 is 1.00 bits per heavy atom. The first-order chi connectivity index (χ1) is 21.8. The van der Waals surface area contributed by atoms with Crippen LogP contribution in [0, 0.1) is 0 Å². The molecule has 0 saturated heterocycles. The van der Waals surface area contributed by atoms with Crippen LogP contribution >= 0.6 is 0 Å². The van der Waals surface area contributed by atoms with Gasteiger partial charge in [0.1, 0.15) is 5.58 Å². The number of benzene rings is 6. The van der Waals surface area contributed by atoms with Crippen molar-refractivity contribution in [3.63, 3.8) is 0 Å². The van der Waals surface area contributed by atoms with Gasteiger partial charge >= 0.3 is 0 Å². The maximum absolute atomic E-state index is 6.58.